The van der Waals surface area contributed by atoms with Gasteiger partial charge in [0.05, 0.1) is 0 Å². The summed E-state index contributed by atoms with van der Waals surface area (Å²) < 4.78 is 0. The highest BCUT2D eigenvalue weighted by Gasteiger charge is 2.34. The summed E-state index contributed by atoms with van der Waals surface area (Å²) in [5, 5.41) is 0. The molecule has 0 amide bonds. The molecule has 0 aromatic carbocycles. The molecule has 0 radical (unpaired) electrons. The Morgan fingerprint density at radius 1 is 1.30 bits per heavy atom. The molecular weight excluding hydrogens is 122 g/mol. The third-order valence-electron chi connectivity index (χ3n) is 3.03. The van der Waals surface area contributed by atoms with E-state index < -0.39 is 0 Å². The maximum absolute atomic E-state index is 4.06. The molecular formula is C9H15N. The van der Waals surface area contributed by atoms with Gasteiger partial charge >= 0.3 is 0 Å². The van der Waals surface area contributed by atoms with Crippen LogP contribution >= 0.6 is 0 Å². The van der Waals surface area contributed by atoms with Crippen molar-refractivity contribution in [2.45, 2.75) is 37.8 Å². The Balaban J connectivity index is 2.16. The Hall–Kier alpha value is -0.300. The fraction of sp³-hybridized carbons (Fsp3) is 0.778. The maximum Gasteiger partial charge on any atom is 0.0133 e. The number of hydrogen-bond donors (Lipinski definition) is 0. The first-order valence-electron chi connectivity index (χ1n) is 4.16. The quantitative estimate of drug-likeness (QED) is 0.460. The third kappa shape index (κ3) is 0.807. The number of piperidine rings is 1. The van der Waals surface area contributed by atoms with Gasteiger partial charge in [-0.2, -0.15) is 0 Å². The number of rotatable bonds is 0. The van der Waals surface area contributed by atoms with Crippen molar-refractivity contribution in [1.82, 2.24) is 4.90 Å². The van der Waals surface area contributed by atoms with Gasteiger partial charge in [0, 0.05) is 12.1 Å². The molecule has 0 N–H and O–H groups in total. The molecule has 2 bridgehead atoms. The number of fused-ring (bicyclic) bond motifs is 2. The van der Waals surface area contributed by atoms with Crippen molar-refractivity contribution in [3.8, 4) is 0 Å². The molecule has 0 aliphatic carbocycles. The smallest absolute Gasteiger partial charge is 0.0133 e. The minimum Gasteiger partial charge on any atom is -0.300 e. The lowest BCUT2D eigenvalue weighted by atomic mass is 9.99. The highest BCUT2D eigenvalue weighted by Crippen LogP contribution is 2.35. The van der Waals surface area contributed by atoms with Crippen molar-refractivity contribution in [1.29, 1.82) is 0 Å². The van der Waals surface area contributed by atoms with Gasteiger partial charge in [0.2, 0.25) is 0 Å². The second-order valence-corrected chi connectivity index (χ2v) is 3.71. The zero-order valence-electron chi connectivity index (χ0n) is 6.64. The van der Waals surface area contributed by atoms with Crippen LogP contribution in [-0.2, 0) is 0 Å². The van der Waals surface area contributed by atoms with E-state index in [1.807, 2.05) is 0 Å². The Morgan fingerprint density at radius 2 is 1.80 bits per heavy atom. The van der Waals surface area contributed by atoms with Gasteiger partial charge in [-0.3, -0.25) is 4.90 Å². The van der Waals surface area contributed by atoms with Gasteiger partial charge in [-0.1, -0.05) is 12.2 Å². The van der Waals surface area contributed by atoms with Crippen molar-refractivity contribution >= 4 is 0 Å². The van der Waals surface area contributed by atoms with Crippen LogP contribution in [0.1, 0.15) is 25.7 Å². The standard InChI is InChI=1S/C9H15N/c1-7-5-8-3-4-9(6-7)10(8)2/h8-9H,1,3-6H2,2H3. The monoisotopic (exact) mass is 137 g/mol. The molecule has 2 fully saturated rings. The molecule has 56 valence electrons. The summed E-state index contributed by atoms with van der Waals surface area (Å²) in [5.41, 5.74) is 1.48. The first-order valence-corrected chi connectivity index (χ1v) is 4.16. The van der Waals surface area contributed by atoms with Crippen LogP contribution < -0.4 is 0 Å². The molecule has 2 rings (SSSR count). The second kappa shape index (κ2) is 2.09. The van der Waals surface area contributed by atoms with Crippen LogP contribution in [0.2, 0.25) is 0 Å². The Labute approximate surface area is 62.7 Å². The summed E-state index contributed by atoms with van der Waals surface area (Å²) in [6.07, 6.45) is 5.32. The highest BCUT2D eigenvalue weighted by atomic mass is 15.2. The van der Waals surface area contributed by atoms with Crippen LogP contribution in [0.25, 0.3) is 0 Å². The minimum atomic E-state index is 0.839. The van der Waals surface area contributed by atoms with Gasteiger partial charge in [0.25, 0.3) is 0 Å². The van der Waals surface area contributed by atoms with E-state index in [2.05, 4.69) is 18.5 Å². The van der Waals surface area contributed by atoms with Crippen LogP contribution in [0.3, 0.4) is 0 Å². The zero-order valence-corrected chi connectivity index (χ0v) is 6.64. The van der Waals surface area contributed by atoms with Gasteiger partial charge < -0.3 is 0 Å². The summed E-state index contributed by atoms with van der Waals surface area (Å²) >= 11 is 0. The van der Waals surface area contributed by atoms with Gasteiger partial charge in [-0.25, -0.2) is 0 Å². The summed E-state index contributed by atoms with van der Waals surface area (Å²) in [6, 6.07) is 1.68. The lowest BCUT2D eigenvalue weighted by Crippen LogP contribution is -2.36. The Morgan fingerprint density at radius 3 is 2.30 bits per heavy atom. The topological polar surface area (TPSA) is 3.24 Å². The SMILES string of the molecule is C=C1CC2CCC(C1)N2C. The summed E-state index contributed by atoms with van der Waals surface area (Å²) in [4.78, 5) is 2.54. The van der Waals surface area contributed by atoms with E-state index in [9.17, 15) is 0 Å². The molecule has 2 aliphatic heterocycles. The predicted molar refractivity (Wildman–Crippen MR) is 42.9 cm³/mol. The van der Waals surface area contributed by atoms with E-state index in [0.717, 1.165) is 12.1 Å². The van der Waals surface area contributed by atoms with Crippen LogP contribution in [0.5, 0.6) is 0 Å². The average Bonchev–Trinajstić information content (AvgIpc) is 2.20. The van der Waals surface area contributed by atoms with Crippen molar-refractivity contribution in [3.63, 3.8) is 0 Å². The number of hydrogen-bond acceptors (Lipinski definition) is 1. The molecule has 0 aromatic rings. The molecule has 0 spiro atoms. The molecule has 1 nitrogen and oxygen atoms in total. The Kier molecular flexibility index (Phi) is 1.34. The summed E-state index contributed by atoms with van der Waals surface area (Å²) in [6.45, 7) is 4.06. The normalized spacial score (nSPS) is 40.7. The van der Waals surface area contributed by atoms with E-state index in [-0.39, 0.29) is 0 Å². The lowest BCUT2D eigenvalue weighted by Gasteiger charge is -2.32. The fourth-order valence-corrected chi connectivity index (χ4v) is 2.33. The fourth-order valence-electron chi connectivity index (χ4n) is 2.33. The first kappa shape index (κ1) is 6.41. The van der Waals surface area contributed by atoms with Gasteiger partial charge in [-0.05, 0) is 32.7 Å². The average molecular weight is 137 g/mol. The molecule has 0 aromatic heterocycles. The largest absolute Gasteiger partial charge is 0.300 e. The van der Waals surface area contributed by atoms with E-state index in [1.165, 1.54) is 31.3 Å². The van der Waals surface area contributed by atoms with Crippen molar-refractivity contribution < 1.29 is 0 Å². The number of nitrogens with zero attached hydrogens (tertiary/aromatic N) is 1. The first-order chi connectivity index (χ1) is 4.77. The second-order valence-electron chi connectivity index (χ2n) is 3.71. The molecule has 2 atom stereocenters. The third-order valence-corrected chi connectivity index (χ3v) is 3.03. The molecule has 10 heavy (non-hydrogen) atoms. The molecule has 0 saturated carbocycles. The molecule has 2 heterocycles. The minimum absolute atomic E-state index is 0.839. The van der Waals surface area contributed by atoms with E-state index in [1.54, 1.807) is 0 Å². The highest BCUT2D eigenvalue weighted by molar-refractivity contribution is 5.09. The summed E-state index contributed by atoms with van der Waals surface area (Å²) in [7, 11) is 2.26. The van der Waals surface area contributed by atoms with Crippen LogP contribution in [0, 0.1) is 0 Å². The van der Waals surface area contributed by atoms with Crippen LogP contribution in [0.15, 0.2) is 12.2 Å². The van der Waals surface area contributed by atoms with E-state index in [0.29, 0.717) is 0 Å². The molecule has 2 saturated heterocycles. The maximum atomic E-state index is 4.06. The van der Waals surface area contributed by atoms with Gasteiger partial charge in [0.1, 0.15) is 0 Å². The summed E-state index contributed by atoms with van der Waals surface area (Å²) in [5.74, 6) is 0. The van der Waals surface area contributed by atoms with E-state index in [4.69, 9.17) is 0 Å². The van der Waals surface area contributed by atoms with Crippen molar-refractivity contribution in [2.75, 3.05) is 7.05 Å². The van der Waals surface area contributed by atoms with Gasteiger partial charge in [-0.15, -0.1) is 0 Å². The lowest BCUT2D eigenvalue weighted by molar-refractivity contribution is 0.210. The molecule has 2 unspecified atom stereocenters. The predicted octanol–water partition coefficient (Wildman–Crippen LogP) is 1.80. The Bertz CT molecular complexity index is 146. The molecule has 1 heteroatoms. The zero-order chi connectivity index (χ0) is 7.14. The van der Waals surface area contributed by atoms with Gasteiger partial charge in [0.15, 0.2) is 0 Å². The molecule has 2 aliphatic rings. The van der Waals surface area contributed by atoms with E-state index >= 15 is 0 Å². The van der Waals surface area contributed by atoms with Crippen molar-refractivity contribution in [3.05, 3.63) is 12.2 Å². The van der Waals surface area contributed by atoms with Crippen molar-refractivity contribution in [2.24, 2.45) is 0 Å². The van der Waals surface area contributed by atoms with Crippen LogP contribution in [0.4, 0.5) is 0 Å². The van der Waals surface area contributed by atoms with Crippen LogP contribution in [-0.4, -0.2) is 24.0 Å².